The molecule has 194 valence electrons. The van der Waals surface area contributed by atoms with E-state index in [9.17, 15) is 14.0 Å². The zero-order valence-electron chi connectivity index (χ0n) is 21.3. The highest BCUT2D eigenvalue weighted by molar-refractivity contribution is 5.94. The number of ether oxygens (including phenoxy) is 1. The number of piperazine rings is 1. The van der Waals surface area contributed by atoms with E-state index in [1.165, 1.54) is 6.07 Å². The first-order valence-electron chi connectivity index (χ1n) is 13.0. The van der Waals surface area contributed by atoms with Crippen LogP contribution in [0.1, 0.15) is 42.6 Å². The Balaban J connectivity index is 1.31. The molecule has 4 rings (SSSR count). The summed E-state index contributed by atoms with van der Waals surface area (Å²) in [6, 6.07) is 12.8. The van der Waals surface area contributed by atoms with E-state index < -0.39 is 0 Å². The Hall–Kier alpha value is -2.97. The van der Waals surface area contributed by atoms with Crippen molar-refractivity contribution in [3.8, 4) is 0 Å². The first-order chi connectivity index (χ1) is 17.5. The number of benzene rings is 2. The van der Waals surface area contributed by atoms with Crippen molar-refractivity contribution in [2.24, 2.45) is 5.92 Å². The third-order valence-electron chi connectivity index (χ3n) is 7.16. The zero-order chi connectivity index (χ0) is 25.5. The van der Waals surface area contributed by atoms with Gasteiger partial charge in [-0.15, -0.1) is 0 Å². The minimum atomic E-state index is -0.319. The second-order valence-electron chi connectivity index (χ2n) is 9.54. The van der Waals surface area contributed by atoms with Crippen molar-refractivity contribution < 1.29 is 18.7 Å². The predicted molar refractivity (Wildman–Crippen MR) is 140 cm³/mol. The largest absolute Gasteiger partial charge is 0.378 e. The maximum absolute atomic E-state index is 14.9. The second-order valence-corrected chi connectivity index (χ2v) is 9.54. The van der Waals surface area contributed by atoms with Crippen LogP contribution in [0.15, 0.2) is 42.5 Å². The molecule has 0 radical (unpaired) electrons. The van der Waals surface area contributed by atoms with Crippen LogP contribution in [-0.2, 0) is 16.1 Å². The first kappa shape index (κ1) is 26.1. The SMILES string of the molecule is CCC(CC)C(=O)Nc1ccc(N2CCN(Cc3cccc(C(=O)N4CCOCC4)c3)CC2)c(F)c1. The van der Waals surface area contributed by atoms with Crippen LogP contribution in [0.2, 0.25) is 0 Å². The van der Waals surface area contributed by atoms with Gasteiger partial charge >= 0.3 is 0 Å². The van der Waals surface area contributed by atoms with Crippen molar-refractivity contribution in [2.45, 2.75) is 33.2 Å². The molecule has 2 saturated heterocycles. The molecule has 8 heteroatoms. The number of carbonyl (C=O) groups is 2. The Bertz CT molecular complexity index is 1040. The van der Waals surface area contributed by atoms with E-state index in [-0.39, 0.29) is 23.5 Å². The Morgan fingerprint density at radius 3 is 2.36 bits per heavy atom. The molecule has 0 saturated carbocycles. The molecule has 2 aliphatic heterocycles. The van der Waals surface area contributed by atoms with E-state index >= 15 is 0 Å². The zero-order valence-corrected chi connectivity index (χ0v) is 21.3. The smallest absolute Gasteiger partial charge is 0.254 e. The van der Waals surface area contributed by atoms with Crippen molar-refractivity contribution in [2.75, 3.05) is 62.7 Å². The van der Waals surface area contributed by atoms with Gasteiger partial charge in [-0.2, -0.15) is 0 Å². The lowest BCUT2D eigenvalue weighted by atomic mass is 10.0. The van der Waals surface area contributed by atoms with E-state index in [2.05, 4.69) is 21.2 Å². The molecular weight excluding hydrogens is 459 g/mol. The van der Waals surface area contributed by atoms with Gasteiger partial charge in [0.25, 0.3) is 5.91 Å². The van der Waals surface area contributed by atoms with Crippen LogP contribution in [-0.4, -0.2) is 74.1 Å². The van der Waals surface area contributed by atoms with Gasteiger partial charge in [-0.05, 0) is 48.7 Å². The van der Waals surface area contributed by atoms with Gasteiger partial charge < -0.3 is 19.9 Å². The number of morpholine rings is 1. The van der Waals surface area contributed by atoms with E-state index in [0.29, 0.717) is 56.3 Å². The highest BCUT2D eigenvalue weighted by atomic mass is 19.1. The third kappa shape index (κ3) is 6.42. The van der Waals surface area contributed by atoms with Crippen molar-refractivity contribution >= 4 is 23.2 Å². The van der Waals surface area contributed by atoms with E-state index in [0.717, 1.165) is 38.0 Å². The van der Waals surface area contributed by atoms with Crippen LogP contribution in [0.3, 0.4) is 0 Å². The summed E-state index contributed by atoms with van der Waals surface area (Å²) in [6.07, 6.45) is 1.53. The van der Waals surface area contributed by atoms with Crippen LogP contribution in [0.4, 0.5) is 15.8 Å². The number of hydrogen-bond acceptors (Lipinski definition) is 5. The fourth-order valence-electron chi connectivity index (χ4n) is 4.90. The third-order valence-corrected chi connectivity index (χ3v) is 7.16. The molecule has 2 aromatic carbocycles. The van der Waals surface area contributed by atoms with Gasteiger partial charge in [0.05, 0.1) is 18.9 Å². The molecule has 2 heterocycles. The number of amides is 2. The Morgan fingerprint density at radius 1 is 0.972 bits per heavy atom. The summed E-state index contributed by atoms with van der Waals surface area (Å²) >= 11 is 0. The van der Waals surface area contributed by atoms with Gasteiger partial charge in [-0.1, -0.05) is 26.0 Å². The summed E-state index contributed by atoms with van der Waals surface area (Å²) in [6.45, 7) is 10.2. The molecule has 0 bridgehead atoms. The maximum Gasteiger partial charge on any atom is 0.254 e. The van der Waals surface area contributed by atoms with Gasteiger partial charge in [0.2, 0.25) is 5.91 Å². The highest BCUT2D eigenvalue weighted by Crippen LogP contribution is 2.25. The Labute approximate surface area is 213 Å². The number of hydrogen-bond donors (Lipinski definition) is 1. The quantitative estimate of drug-likeness (QED) is 0.599. The van der Waals surface area contributed by atoms with Gasteiger partial charge in [-0.25, -0.2) is 4.39 Å². The van der Waals surface area contributed by atoms with Crippen LogP contribution >= 0.6 is 0 Å². The van der Waals surface area contributed by atoms with Crippen LogP contribution in [0.25, 0.3) is 0 Å². The monoisotopic (exact) mass is 496 g/mol. The molecule has 2 aromatic rings. The van der Waals surface area contributed by atoms with Crippen molar-refractivity contribution in [3.63, 3.8) is 0 Å². The van der Waals surface area contributed by atoms with Crippen LogP contribution in [0, 0.1) is 11.7 Å². The van der Waals surface area contributed by atoms with E-state index in [4.69, 9.17) is 4.74 Å². The standard InChI is InChI=1S/C28H37FN4O3/c1-3-22(4-2)27(34)30-24-8-9-26(25(29)19-24)32-12-10-31(11-13-32)20-21-6-5-7-23(18-21)28(35)33-14-16-36-17-15-33/h5-9,18-19,22H,3-4,10-17,20H2,1-2H3,(H,30,34). The molecule has 0 spiro atoms. The summed E-state index contributed by atoms with van der Waals surface area (Å²) in [5.74, 6) is -0.379. The normalized spacial score (nSPS) is 16.9. The molecule has 0 atom stereocenters. The predicted octanol–water partition coefficient (Wildman–Crippen LogP) is 4.00. The molecule has 36 heavy (non-hydrogen) atoms. The molecule has 0 aliphatic carbocycles. The average molecular weight is 497 g/mol. The van der Waals surface area contributed by atoms with Gasteiger partial charge in [0.15, 0.2) is 0 Å². The molecule has 1 N–H and O–H groups in total. The lowest BCUT2D eigenvalue weighted by Crippen LogP contribution is -2.46. The average Bonchev–Trinajstić information content (AvgIpc) is 2.90. The summed E-state index contributed by atoms with van der Waals surface area (Å²) in [5, 5.41) is 2.84. The molecule has 2 amide bonds. The molecule has 7 nitrogen and oxygen atoms in total. The number of anilines is 2. The molecular formula is C28H37FN4O3. The maximum atomic E-state index is 14.9. The number of halogens is 1. The molecule has 2 fully saturated rings. The second kappa shape index (κ2) is 12.3. The summed E-state index contributed by atoms with van der Waals surface area (Å²) in [5.41, 5.74) is 2.88. The summed E-state index contributed by atoms with van der Waals surface area (Å²) in [4.78, 5) is 31.4. The molecule has 0 unspecified atom stereocenters. The van der Waals surface area contributed by atoms with Gasteiger partial charge in [-0.3, -0.25) is 14.5 Å². The minimum Gasteiger partial charge on any atom is -0.378 e. The highest BCUT2D eigenvalue weighted by Gasteiger charge is 2.22. The Morgan fingerprint density at radius 2 is 1.69 bits per heavy atom. The molecule has 2 aliphatic rings. The van der Waals surface area contributed by atoms with Crippen molar-refractivity contribution in [1.29, 1.82) is 0 Å². The number of nitrogens with zero attached hydrogens (tertiary/aromatic N) is 3. The van der Waals surface area contributed by atoms with Crippen LogP contribution in [0.5, 0.6) is 0 Å². The lowest BCUT2D eigenvalue weighted by molar-refractivity contribution is -0.120. The van der Waals surface area contributed by atoms with E-state index in [1.54, 1.807) is 12.1 Å². The summed E-state index contributed by atoms with van der Waals surface area (Å²) < 4.78 is 20.3. The summed E-state index contributed by atoms with van der Waals surface area (Å²) in [7, 11) is 0. The Kier molecular flexibility index (Phi) is 8.93. The topological polar surface area (TPSA) is 65.1 Å². The fourth-order valence-corrected chi connectivity index (χ4v) is 4.90. The molecule has 0 aromatic heterocycles. The lowest BCUT2D eigenvalue weighted by Gasteiger charge is -2.36. The minimum absolute atomic E-state index is 0.0555. The van der Waals surface area contributed by atoms with Crippen LogP contribution < -0.4 is 10.2 Å². The van der Waals surface area contributed by atoms with Gasteiger partial charge in [0, 0.05) is 63.0 Å². The number of nitrogens with one attached hydrogen (secondary N) is 1. The van der Waals surface area contributed by atoms with Crippen molar-refractivity contribution in [3.05, 3.63) is 59.4 Å². The number of rotatable bonds is 8. The fraction of sp³-hybridized carbons (Fsp3) is 0.500. The first-order valence-corrected chi connectivity index (χ1v) is 13.0. The van der Waals surface area contributed by atoms with Crippen molar-refractivity contribution in [1.82, 2.24) is 9.80 Å². The van der Waals surface area contributed by atoms with E-state index in [1.807, 2.05) is 36.9 Å². The van der Waals surface area contributed by atoms with Gasteiger partial charge in [0.1, 0.15) is 5.82 Å². The number of carbonyl (C=O) groups excluding carboxylic acids is 2.